The molecule has 1 aliphatic rings. The molecule has 0 radical (unpaired) electrons. The predicted octanol–water partition coefficient (Wildman–Crippen LogP) is 2.16. The molecule has 1 aliphatic heterocycles. The maximum Gasteiger partial charge on any atom is 0.243 e. The molecule has 1 unspecified atom stereocenters. The summed E-state index contributed by atoms with van der Waals surface area (Å²) in [6.45, 7) is 5.57. The van der Waals surface area contributed by atoms with Crippen molar-refractivity contribution in [2.24, 2.45) is 0 Å². The van der Waals surface area contributed by atoms with Crippen molar-refractivity contribution in [1.29, 1.82) is 0 Å². The Morgan fingerprint density at radius 1 is 1.42 bits per heavy atom. The maximum absolute atomic E-state index is 12.6. The summed E-state index contributed by atoms with van der Waals surface area (Å²) in [4.78, 5) is 0.394. The molecule has 1 N–H and O–H groups in total. The topological polar surface area (TPSA) is 49.4 Å². The van der Waals surface area contributed by atoms with Crippen LogP contribution >= 0.6 is 28.3 Å². The predicted molar refractivity (Wildman–Crippen MR) is 82.4 cm³/mol. The number of sulfonamides is 1. The van der Waals surface area contributed by atoms with E-state index in [1.54, 1.807) is 10.4 Å². The molecule has 0 bridgehead atoms. The van der Waals surface area contributed by atoms with Crippen molar-refractivity contribution in [3.63, 3.8) is 0 Å². The van der Waals surface area contributed by atoms with Gasteiger partial charge in [0.2, 0.25) is 10.0 Å². The van der Waals surface area contributed by atoms with Crippen LogP contribution in [0.4, 0.5) is 0 Å². The zero-order valence-electron chi connectivity index (χ0n) is 10.9. The first-order chi connectivity index (χ1) is 8.41. The molecule has 0 spiro atoms. The van der Waals surface area contributed by atoms with Gasteiger partial charge in [-0.2, -0.15) is 4.31 Å². The lowest BCUT2D eigenvalue weighted by atomic mass is 10.2. The molecule has 1 aromatic rings. The van der Waals surface area contributed by atoms with Crippen LogP contribution in [0.5, 0.6) is 0 Å². The summed E-state index contributed by atoms with van der Waals surface area (Å²) < 4.78 is 27.5. The zero-order valence-corrected chi connectivity index (χ0v) is 14.1. The summed E-state index contributed by atoms with van der Waals surface area (Å²) in [5, 5.41) is 3.25. The first-order valence-corrected chi connectivity index (χ1v) is 8.14. The Bertz CT molecular complexity index is 551. The minimum absolute atomic E-state index is 0. The second kappa shape index (κ2) is 6.54. The van der Waals surface area contributed by atoms with Crippen LogP contribution in [0.25, 0.3) is 0 Å². The van der Waals surface area contributed by atoms with Gasteiger partial charge in [0.15, 0.2) is 0 Å². The molecule has 7 heteroatoms. The van der Waals surface area contributed by atoms with E-state index in [0.29, 0.717) is 24.5 Å². The number of hydrogen-bond donors (Lipinski definition) is 1. The van der Waals surface area contributed by atoms with Crippen molar-refractivity contribution < 1.29 is 8.42 Å². The Labute approximate surface area is 129 Å². The highest BCUT2D eigenvalue weighted by Crippen LogP contribution is 2.24. The number of hydrogen-bond acceptors (Lipinski definition) is 3. The van der Waals surface area contributed by atoms with Crippen LogP contribution in [0, 0.1) is 6.92 Å². The molecule has 108 valence electrons. The first-order valence-electron chi connectivity index (χ1n) is 5.91. The first kappa shape index (κ1) is 16.9. The largest absolute Gasteiger partial charge is 0.312 e. The van der Waals surface area contributed by atoms with Crippen LogP contribution in [-0.4, -0.2) is 38.4 Å². The van der Waals surface area contributed by atoms with E-state index in [2.05, 4.69) is 21.2 Å². The highest BCUT2D eigenvalue weighted by molar-refractivity contribution is 9.10. The molecule has 2 rings (SSSR count). The number of nitrogens with one attached hydrogen (secondary N) is 1. The lowest BCUT2D eigenvalue weighted by molar-refractivity contribution is 0.310. The molecular formula is C12H18BrClN2O2S. The maximum atomic E-state index is 12.6. The van der Waals surface area contributed by atoms with E-state index in [4.69, 9.17) is 0 Å². The lowest BCUT2D eigenvalue weighted by Gasteiger charge is -2.31. The Hall–Kier alpha value is -0.140. The van der Waals surface area contributed by atoms with E-state index in [1.807, 2.05) is 26.0 Å². The lowest BCUT2D eigenvalue weighted by Crippen LogP contribution is -2.51. The Morgan fingerprint density at radius 3 is 2.74 bits per heavy atom. The monoisotopic (exact) mass is 368 g/mol. The van der Waals surface area contributed by atoms with Crippen LogP contribution in [0.1, 0.15) is 12.5 Å². The third-order valence-corrected chi connectivity index (χ3v) is 5.60. The number of nitrogens with zero attached hydrogens (tertiary/aromatic N) is 1. The van der Waals surface area contributed by atoms with Gasteiger partial charge < -0.3 is 5.32 Å². The van der Waals surface area contributed by atoms with Gasteiger partial charge in [-0.1, -0.05) is 22.0 Å². The van der Waals surface area contributed by atoms with Crippen molar-refractivity contribution in [2.75, 3.05) is 19.6 Å². The second-order valence-electron chi connectivity index (χ2n) is 4.63. The Morgan fingerprint density at radius 2 is 2.11 bits per heavy atom. The SMILES string of the molecule is Cc1ccc(Br)cc1S(=O)(=O)N1CCNC(C)C1.Cl. The Balaban J connectivity index is 0.00000180. The fraction of sp³-hybridized carbons (Fsp3) is 0.500. The number of aryl methyl sites for hydroxylation is 1. The van der Waals surface area contributed by atoms with Crippen molar-refractivity contribution >= 4 is 38.4 Å². The van der Waals surface area contributed by atoms with Crippen molar-refractivity contribution in [3.8, 4) is 0 Å². The summed E-state index contributed by atoms with van der Waals surface area (Å²) in [5.41, 5.74) is 0.782. The summed E-state index contributed by atoms with van der Waals surface area (Å²) >= 11 is 3.33. The molecule has 0 aliphatic carbocycles. The van der Waals surface area contributed by atoms with Crippen LogP contribution in [0.15, 0.2) is 27.6 Å². The van der Waals surface area contributed by atoms with Crippen molar-refractivity contribution in [1.82, 2.24) is 9.62 Å². The van der Waals surface area contributed by atoms with Gasteiger partial charge in [0.1, 0.15) is 0 Å². The van der Waals surface area contributed by atoms with Crippen molar-refractivity contribution in [2.45, 2.75) is 24.8 Å². The van der Waals surface area contributed by atoms with Gasteiger partial charge in [-0.15, -0.1) is 12.4 Å². The minimum atomic E-state index is -3.38. The van der Waals surface area contributed by atoms with E-state index < -0.39 is 10.0 Å². The van der Waals surface area contributed by atoms with E-state index in [9.17, 15) is 8.42 Å². The summed E-state index contributed by atoms with van der Waals surface area (Å²) in [6, 6.07) is 5.55. The zero-order chi connectivity index (χ0) is 13.3. The van der Waals surface area contributed by atoms with Gasteiger partial charge in [-0.3, -0.25) is 0 Å². The molecule has 0 aromatic heterocycles. The third kappa shape index (κ3) is 3.70. The van der Waals surface area contributed by atoms with Crippen LogP contribution < -0.4 is 5.32 Å². The molecule has 19 heavy (non-hydrogen) atoms. The van der Waals surface area contributed by atoms with E-state index in [-0.39, 0.29) is 18.4 Å². The third-order valence-electron chi connectivity index (χ3n) is 3.10. The molecule has 0 amide bonds. The molecule has 4 nitrogen and oxygen atoms in total. The standard InChI is InChI=1S/C12H17BrN2O2S.ClH/c1-9-3-4-11(13)7-12(9)18(16,17)15-6-5-14-10(2)8-15;/h3-4,7,10,14H,5-6,8H2,1-2H3;1H. The average Bonchev–Trinajstić information content (AvgIpc) is 2.32. The van der Waals surface area contributed by atoms with Gasteiger partial charge in [0.05, 0.1) is 4.90 Å². The Kier molecular flexibility index (Phi) is 5.82. The smallest absolute Gasteiger partial charge is 0.243 e. The van der Waals surface area contributed by atoms with Gasteiger partial charge in [-0.25, -0.2) is 8.42 Å². The summed E-state index contributed by atoms with van der Waals surface area (Å²) in [6.07, 6.45) is 0. The van der Waals surface area contributed by atoms with Gasteiger partial charge in [0.25, 0.3) is 0 Å². The molecule has 1 atom stereocenters. The molecule has 1 saturated heterocycles. The van der Waals surface area contributed by atoms with Gasteiger partial charge in [0, 0.05) is 30.1 Å². The highest BCUT2D eigenvalue weighted by Gasteiger charge is 2.29. The van der Waals surface area contributed by atoms with E-state index >= 15 is 0 Å². The van der Waals surface area contributed by atoms with Gasteiger partial charge in [-0.05, 0) is 31.5 Å². The van der Waals surface area contributed by atoms with E-state index in [0.717, 1.165) is 10.0 Å². The fourth-order valence-electron chi connectivity index (χ4n) is 2.11. The number of rotatable bonds is 2. The summed E-state index contributed by atoms with van der Waals surface area (Å²) in [5.74, 6) is 0. The number of halogens is 2. The van der Waals surface area contributed by atoms with Crippen molar-refractivity contribution in [3.05, 3.63) is 28.2 Å². The molecule has 0 saturated carbocycles. The van der Waals surface area contributed by atoms with Crippen LogP contribution in [0.2, 0.25) is 0 Å². The fourth-order valence-corrected chi connectivity index (χ4v) is 4.40. The average molecular weight is 370 g/mol. The van der Waals surface area contributed by atoms with Crippen LogP contribution in [0.3, 0.4) is 0 Å². The van der Waals surface area contributed by atoms with Gasteiger partial charge >= 0.3 is 0 Å². The highest BCUT2D eigenvalue weighted by atomic mass is 79.9. The van der Waals surface area contributed by atoms with Crippen LogP contribution in [-0.2, 0) is 10.0 Å². The quantitative estimate of drug-likeness (QED) is 0.869. The molecule has 1 heterocycles. The normalized spacial score (nSPS) is 20.9. The molecule has 1 aromatic carbocycles. The minimum Gasteiger partial charge on any atom is -0.312 e. The number of piperazine rings is 1. The summed E-state index contributed by atoms with van der Waals surface area (Å²) in [7, 11) is -3.38. The second-order valence-corrected chi connectivity index (χ2v) is 7.45. The molecule has 1 fully saturated rings. The van der Waals surface area contributed by atoms with E-state index in [1.165, 1.54) is 0 Å². The molecular weight excluding hydrogens is 352 g/mol. The number of benzene rings is 1.